The predicted octanol–water partition coefficient (Wildman–Crippen LogP) is 4.26. The molecule has 4 rings (SSSR count). The van der Waals surface area contributed by atoms with Crippen molar-refractivity contribution in [2.45, 2.75) is 6.92 Å². The van der Waals surface area contributed by atoms with Crippen LogP contribution in [0.3, 0.4) is 0 Å². The first-order valence-electron chi connectivity index (χ1n) is 8.73. The number of nitrogens with zero attached hydrogens (tertiary/aromatic N) is 2. The van der Waals surface area contributed by atoms with Gasteiger partial charge in [0, 0.05) is 16.3 Å². The quantitative estimate of drug-likeness (QED) is 0.240. The summed E-state index contributed by atoms with van der Waals surface area (Å²) in [5.74, 6) is -16.6. The second-order valence-corrected chi connectivity index (χ2v) is 6.91. The number of nitriles is 2. The Balaban J connectivity index is 2.66. The number of benzene rings is 4. The van der Waals surface area contributed by atoms with Gasteiger partial charge in [0.2, 0.25) is 0 Å². The number of rotatable bonds is 1. The van der Waals surface area contributed by atoms with Crippen molar-refractivity contribution in [2.75, 3.05) is 0 Å². The maximum Gasteiger partial charge on any atom is 0.170 e. The molecular weight excluding hydrogens is 460 g/mol. The summed E-state index contributed by atoms with van der Waals surface area (Å²) < 4.78 is 120. The molecule has 164 valence electrons. The van der Waals surface area contributed by atoms with Crippen LogP contribution in [-0.4, -0.2) is 6.29 Å². The van der Waals surface area contributed by atoms with Crippen molar-refractivity contribution in [3.8, 4) is 12.1 Å². The van der Waals surface area contributed by atoms with Crippen molar-refractivity contribution in [1.29, 1.82) is 10.5 Å². The van der Waals surface area contributed by atoms with Crippen LogP contribution in [0.5, 0.6) is 0 Å². The Morgan fingerprint density at radius 2 is 0.879 bits per heavy atom. The van der Waals surface area contributed by atoms with Gasteiger partial charge in [-0.25, -0.2) is 35.1 Å². The molecule has 11 heteroatoms. The molecule has 0 fully saturated rings. The topological polar surface area (TPSA) is 64.7 Å². The Morgan fingerprint density at radius 1 is 0.576 bits per heavy atom. The first-order chi connectivity index (χ1) is 15.5. The van der Waals surface area contributed by atoms with E-state index in [0.717, 1.165) is 19.1 Å². The second-order valence-electron chi connectivity index (χ2n) is 6.91. The minimum atomic E-state index is -2.20. The molecule has 0 atom stereocenters. The standard InChI is InChI=1S/C22H4F8N2O/c1-5(4-33)7-15(23)11-9-10-13(21(29)19(11)27)17(25)8(6(2-31)3-32)18(26)14(10)22(30)20(28)12(9)16(7)24/h4H,1H3. The van der Waals surface area contributed by atoms with Crippen molar-refractivity contribution >= 4 is 49.7 Å². The van der Waals surface area contributed by atoms with Crippen LogP contribution >= 0.6 is 0 Å². The van der Waals surface area contributed by atoms with Gasteiger partial charge in [-0.3, -0.25) is 4.79 Å². The molecule has 0 aliphatic heterocycles. The van der Waals surface area contributed by atoms with Gasteiger partial charge in [0.25, 0.3) is 0 Å². The normalized spacial score (nSPS) is 11.2. The van der Waals surface area contributed by atoms with E-state index in [9.17, 15) is 22.4 Å². The number of hydrogen-bond donors (Lipinski definition) is 0. The molecule has 4 aromatic carbocycles. The SMILES string of the molecule is CC(C=O)=c1c(F)c2c(F)c(F)c3c(F)c(=C(C#N)C#N)c(F)c4c(F)c(F)c(c1F)c2c34. The Labute approximate surface area is 177 Å². The molecule has 0 aromatic heterocycles. The zero-order chi connectivity index (χ0) is 24.5. The molecule has 0 bridgehead atoms. The van der Waals surface area contributed by atoms with Gasteiger partial charge >= 0.3 is 0 Å². The second kappa shape index (κ2) is 7.14. The summed E-state index contributed by atoms with van der Waals surface area (Å²) in [5.41, 5.74) is -2.04. The van der Waals surface area contributed by atoms with E-state index in [1.165, 1.54) is 0 Å². The number of hydrogen-bond acceptors (Lipinski definition) is 3. The highest BCUT2D eigenvalue weighted by Crippen LogP contribution is 2.42. The van der Waals surface area contributed by atoms with E-state index < -0.39 is 100 Å². The highest BCUT2D eigenvalue weighted by atomic mass is 19.2. The Hall–Kier alpha value is -4.25. The summed E-state index contributed by atoms with van der Waals surface area (Å²) in [7, 11) is 0. The average molecular weight is 464 g/mol. The lowest BCUT2D eigenvalue weighted by molar-refractivity contribution is -0.103. The maximum atomic E-state index is 15.1. The van der Waals surface area contributed by atoms with Crippen LogP contribution in [0.25, 0.3) is 43.5 Å². The van der Waals surface area contributed by atoms with Gasteiger partial charge in [-0.2, -0.15) is 10.5 Å². The van der Waals surface area contributed by atoms with Crippen LogP contribution < -0.4 is 10.4 Å². The highest BCUT2D eigenvalue weighted by molar-refractivity contribution is 6.24. The van der Waals surface area contributed by atoms with Gasteiger partial charge in [-0.15, -0.1) is 0 Å². The molecule has 3 nitrogen and oxygen atoms in total. The molecule has 0 spiro atoms. The van der Waals surface area contributed by atoms with Gasteiger partial charge in [-0.05, 0) is 6.92 Å². The van der Waals surface area contributed by atoms with Crippen LogP contribution in [0.2, 0.25) is 0 Å². The Morgan fingerprint density at radius 3 is 1.15 bits per heavy atom. The summed E-state index contributed by atoms with van der Waals surface area (Å²) in [4.78, 5) is 11.0. The summed E-state index contributed by atoms with van der Waals surface area (Å²) in [5, 5.41) is 6.48. The van der Waals surface area contributed by atoms with Crippen molar-refractivity contribution in [3.63, 3.8) is 0 Å². The molecule has 33 heavy (non-hydrogen) atoms. The minimum absolute atomic E-state index is 0.0751. The van der Waals surface area contributed by atoms with Gasteiger partial charge in [0.1, 0.15) is 47.3 Å². The maximum absolute atomic E-state index is 15.1. The molecule has 4 aromatic rings. The van der Waals surface area contributed by atoms with E-state index >= 15 is 17.6 Å². The van der Waals surface area contributed by atoms with Crippen LogP contribution in [0.15, 0.2) is 0 Å². The summed E-state index contributed by atoms with van der Waals surface area (Å²) in [6.07, 6.45) is -0.0751. The van der Waals surface area contributed by atoms with Crippen LogP contribution in [0, 0.1) is 69.2 Å². The lowest BCUT2D eigenvalue weighted by Gasteiger charge is -2.17. The fourth-order valence-electron chi connectivity index (χ4n) is 3.91. The lowest BCUT2D eigenvalue weighted by Crippen LogP contribution is -2.23. The molecule has 0 aliphatic rings. The third kappa shape index (κ3) is 2.50. The Bertz CT molecular complexity index is 1680. The predicted molar refractivity (Wildman–Crippen MR) is 98.8 cm³/mol. The molecular formula is C22H4F8N2O. The highest BCUT2D eigenvalue weighted by Gasteiger charge is 2.33. The van der Waals surface area contributed by atoms with Crippen molar-refractivity contribution < 1.29 is 39.9 Å². The number of carbonyl (C=O) groups is 1. The van der Waals surface area contributed by atoms with Gasteiger partial charge in [0.05, 0.1) is 32.0 Å². The third-order valence-electron chi connectivity index (χ3n) is 5.31. The van der Waals surface area contributed by atoms with Crippen molar-refractivity contribution in [3.05, 3.63) is 57.0 Å². The zero-order valence-electron chi connectivity index (χ0n) is 15.9. The van der Waals surface area contributed by atoms with E-state index in [-0.39, 0.29) is 6.29 Å². The molecule has 0 aliphatic carbocycles. The van der Waals surface area contributed by atoms with Crippen molar-refractivity contribution in [1.82, 2.24) is 0 Å². The van der Waals surface area contributed by atoms with E-state index in [1.807, 2.05) is 0 Å². The lowest BCUT2D eigenvalue weighted by atomic mass is 9.89. The minimum Gasteiger partial charge on any atom is -0.298 e. The molecule has 0 saturated heterocycles. The summed E-state index contributed by atoms with van der Waals surface area (Å²) in [6.45, 7) is 0.862. The number of carbonyl (C=O) groups excluding carboxylic acids is 1. The molecule has 0 radical (unpaired) electrons. The molecule has 0 heterocycles. The number of aldehydes is 1. The van der Waals surface area contributed by atoms with E-state index in [4.69, 9.17) is 10.5 Å². The van der Waals surface area contributed by atoms with E-state index in [1.54, 1.807) is 0 Å². The van der Waals surface area contributed by atoms with Crippen molar-refractivity contribution in [2.24, 2.45) is 0 Å². The van der Waals surface area contributed by atoms with Crippen LogP contribution in [-0.2, 0) is 4.79 Å². The largest absolute Gasteiger partial charge is 0.298 e. The van der Waals surface area contributed by atoms with Gasteiger partial charge in [0.15, 0.2) is 23.3 Å². The monoisotopic (exact) mass is 464 g/mol. The number of halogens is 8. The molecule has 0 saturated carbocycles. The third-order valence-corrected chi connectivity index (χ3v) is 5.31. The van der Waals surface area contributed by atoms with E-state index in [0.29, 0.717) is 0 Å². The first kappa shape index (κ1) is 22.0. The molecule has 0 N–H and O–H groups in total. The van der Waals surface area contributed by atoms with Gasteiger partial charge in [-0.1, -0.05) is 0 Å². The van der Waals surface area contributed by atoms with Crippen LogP contribution in [0.1, 0.15) is 6.92 Å². The summed E-state index contributed by atoms with van der Waals surface area (Å²) in [6, 6.07) is 2.19. The van der Waals surface area contributed by atoms with Crippen LogP contribution in [0.4, 0.5) is 35.1 Å². The molecule has 0 unspecified atom stereocenters. The Kier molecular flexibility index (Phi) is 4.75. The fraction of sp³-hybridized carbons (Fsp3) is 0.0455. The van der Waals surface area contributed by atoms with E-state index in [2.05, 4.69) is 0 Å². The smallest absolute Gasteiger partial charge is 0.170 e. The zero-order valence-corrected chi connectivity index (χ0v) is 15.9. The first-order valence-corrected chi connectivity index (χ1v) is 8.73. The van der Waals surface area contributed by atoms with Gasteiger partial charge < -0.3 is 0 Å². The molecule has 0 amide bonds. The average Bonchev–Trinajstić information content (AvgIpc) is 2.78. The fourth-order valence-corrected chi connectivity index (χ4v) is 3.91. The summed E-state index contributed by atoms with van der Waals surface area (Å²) >= 11 is 0.